The molecule has 6 heteroatoms. The van der Waals surface area contributed by atoms with Gasteiger partial charge in [-0.1, -0.05) is 4.39 Å². The summed E-state index contributed by atoms with van der Waals surface area (Å²) in [6, 6.07) is 4.99. The summed E-state index contributed by atoms with van der Waals surface area (Å²) in [4.78, 5) is -0.265. The van der Waals surface area contributed by atoms with Crippen LogP contribution in [-0.4, -0.2) is 8.42 Å². The molecule has 0 heterocycles. The van der Waals surface area contributed by atoms with Crippen molar-refractivity contribution in [1.82, 2.24) is 0 Å². The monoisotopic (exact) mass is 191 g/mol. The SMILES string of the molecule is Nc1ccc(S(=O)(=O)OF)cc1. The number of rotatable bonds is 2. The van der Waals surface area contributed by atoms with E-state index in [1.165, 1.54) is 12.1 Å². The Labute approximate surface area is 68.8 Å². The van der Waals surface area contributed by atoms with Gasteiger partial charge in [-0.3, -0.25) is 0 Å². The normalized spacial score (nSPS) is 11.4. The molecular weight excluding hydrogens is 185 g/mol. The van der Waals surface area contributed by atoms with E-state index in [9.17, 15) is 12.9 Å². The predicted octanol–water partition coefficient (Wildman–Crippen LogP) is 0.859. The number of nitrogen functional groups attached to an aromatic ring is 1. The van der Waals surface area contributed by atoms with Gasteiger partial charge in [-0.05, 0) is 28.8 Å². The Balaban J connectivity index is 3.14. The quantitative estimate of drug-likeness (QED) is 0.704. The van der Waals surface area contributed by atoms with Crippen LogP contribution in [0.15, 0.2) is 29.2 Å². The lowest BCUT2D eigenvalue weighted by Gasteiger charge is -1.97. The first-order valence-electron chi connectivity index (χ1n) is 2.97. The van der Waals surface area contributed by atoms with Crippen LogP contribution in [-0.2, 0) is 14.5 Å². The third-order valence-corrected chi connectivity index (χ3v) is 2.27. The second kappa shape index (κ2) is 3.08. The highest BCUT2D eigenvalue weighted by Crippen LogP contribution is 2.13. The molecule has 1 rings (SSSR count). The minimum absolute atomic E-state index is 0.265. The third-order valence-electron chi connectivity index (χ3n) is 1.25. The molecule has 0 fully saturated rings. The molecule has 0 aromatic heterocycles. The number of hydrogen-bond acceptors (Lipinski definition) is 4. The molecule has 0 aliphatic rings. The van der Waals surface area contributed by atoms with Gasteiger partial charge >= 0.3 is 10.1 Å². The van der Waals surface area contributed by atoms with Crippen molar-refractivity contribution in [2.75, 3.05) is 5.73 Å². The van der Waals surface area contributed by atoms with Crippen molar-refractivity contribution in [3.63, 3.8) is 0 Å². The van der Waals surface area contributed by atoms with Gasteiger partial charge in [-0.2, -0.15) is 8.42 Å². The summed E-state index contributed by atoms with van der Waals surface area (Å²) in [5.74, 6) is 0. The minimum Gasteiger partial charge on any atom is -0.399 e. The van der Waals surface area contributed by atoms with Crippen molar-refractivity contribution < 1.29 is 17.3 Å². The largest absolute Gasteiger partial charge is 0.399 e. The molecule has 66 valence electrons. The Bertz CT molecular complexity index is 359. The maximum absolute atomic E-state index is 11.4. The lowest BCUT2D eigenvalue weighted by molar-refractivity contribution is 0.00286. The molecule has 1 aromatic rings. The summed E-state index contributed by atoms with van der Waals surface area (Å²) in [5.41, 5.74) is 5.68. The van der Waals surface area contributed by atoms with E-state index in [4.69, 9.17) is 5.73 Å². The molecular formula is C6H6FNO3S. The average molecular weight is 191 g/mol. The van der Waals surface area contributed by atoms with Crippen LogP contribution in [0.5, 0.6) is 0 Å². The Kier molecular flexibility index (Phi) is 2.30. The maximum Gasteiger partial charge on any atom is 0.327 e. The van der Waals surface area contributed by atoms with Gasteiger partial charge in [0, 0.05) is 5.69 Å². The van der Waals surface area contributed by atoms with Crippen molar-refractivity contribution in [3.05, 3.63) is 24.3 Å². The lowest BCUT2D eigenvalue weighted by atomic mass is 10.3. The zero-order valence-electron chi connectivity index (χ0n) is 5.90. The summed E-state index contributed by atoms with van der Waals surface area (Å²) in [6.45, 7) is 0. The first kappa shape index (κ1) is 8.95. The molecule has 4 nitrogen and oxygen atoms in total. The molecule has 0 aliphatic heterocycles. The molecule has 2 N–H and O–H groups in total. The van der Waals surface area contributed by atoms with E-state index in [-0.39, 0.29) is 4.90 Å². The van der Waals surface area contributed by atoms with E-state index in [1.807, 2.05) is 0 Å². The molecule has 0 spiro atoms. The smallest absolute Gasteiger partial charge is 0.327 e. The van der Waals surface area contributed by atoms with Crippen LogP contribution in [0.3, 0.4) is 0 Å². The number of benzene rings is 1. The first-order chi connectivity index (χ1) is 5.56. The van der Waals surface area contributed by atoms with Gasteiger partial charge in [0.2, 0.25) is 0 Å². The van der Waals surface area contributed by atoms with Crippen molar-refractivity contribution in [2.24, 2.45) is 0 Å². The molecule has 0 saturated heterocycles. The molecule has 0 bridgehead atoms. The fourth-order valence-electron chi connectivity index (χ4n) is 0.671. The summed E-state index contributed by atoms with van der Waals surface area (Å²) in [5, 5.41) is 0. The zero-order chi connectivity index (χ0) is 9.19. The van der Waals surface area contributed by atoms with Crippen molar-refractivity contribution in [2.45, 2.75) is 4.90 Å². The lowest BCUT2D eigenvalue weighted by Crippen LogP contribution is -2.00. The second-order valence-electron chi connectivity index (χ2n) is 2.09. The maximum atomic E-state index is 11.4. The molecule has 0 amide bonds. The molecule has 12 heavy (non-hydrogen) atoms. The Morgan fingerprint density at radius 1 is 1.25 bits per heavy atom. The van der Waals surface area contributed by atoms with E-state index in [1.54, 1.807) is 0 Å². The number of halogens is 1. The summed E-state index contributed by atoms with van der Waals surface area (Å²) in [6.07, 6.45) is 0. The van der Waals surface area contributed by atoms with Gasteiger partial charge < -0.3 is 5.73 Å². The Hall–Kier alpha value is -1.14. The van der Waals surface area contributed by atoms with Crippen molar-refractivity contribution >= 4 is 15.8 Å². The van der Waals surface area contributed by atoms with Crippen molar-refractivity contribution in [3.8, 4) is 0 Å². The average Bonchev–Trinajstić information content (AvgIpc) is 2.05. The number of nitrogens with two attached hydrogens (primary N) is 1. The van der Waals surface area contributed by atoms with E-state index in [2.05, 4.69) is 4.39 Å². The molecule has 0 radical (unpaired) electrons. The Morgan fingerprint density at radius 2 is 1.75 bits per heavy atom. The second-order valence-corrected chi connectivity index (χ2v) is 3.59. The van der Waals surface area contributed by atoms with E-state index in [0.717, 1.165) is 12.1 Å². The molecule has 1 aromatic carbocycles. The zero-order valence-corrected chi connectivity index (χ0v) is 6.71. The summed E-state index contributed by atoms with van der Waals surface area (Å²) < 4.78 is 35.6. The van der Waals surface area contributed by atoms with Gasteiger partial charge in [-0.15, -0.1) is 0 Å². The van der Waals surface area contributed by atoms with E-state index >= 15 is 0 Å². The minimum atomic E-state index is -4.24. The van der Waals surface area contributed by atoms with E-state index < -0.39 is 10.1 Å². The van der Waals surface area contributed by atoms with Gasteiger partial charge in [0.15, 0.2) is 0 Å². The van der Waals surface area contributed by atoms with Crippen LogP contribution >= 0.6 is 0 Å². The molecule has 0 unspecified atom stereocenters. The highest BCUT2D eigenvalue weighted by Gasteiger charge is 2.14. The Morgan fingerprint density at radius 3 is 2.17 bits per heavy atom. The molecule has 0 aliphatic carbocycles. The van der Waals surface area contributed by atoms with Crippen LogP contribution in [0.25, 0.3) is 0 Å². The van der Waals surface area contributed by atoms with Gasteiger partial charge in [0.05, 0.1) is 4.90 Å². The standard InChI is InChI=1S/C6H6FNO3S/c7-11-12(9,10)6-3-1-5(8)2-4-6/h1-4H,8H2. The molecule has 0 atom stereocenters. The predicted molar refractivity (Wildman–Crippen MR) is 40.2 cm³/mol. The highest BCUT2D eigenvalue weighted by molar-refractivity contribution is 7.86. The third kappa shape index (κ3) is 1.72. The van der Waals surface area contributed by atoms with Gasteiger partial charge in [0.1, 0.15) is 0 Å². The number of anilines is 1. The van der Waals surface area contributed by atoms with Crippen LogP contribution < -0.4 is 5.73 Å². The summed E-state index contributed by atoms with van der Waals surface area (Å²) in [7, 11) is -4.24. The highest BCUT2D eigenvalue weighted by atomic mass is 32.2. The molecule has 0 saturated carbocycles. The topological polar surface area (TPSA) is 69.4 Å². The number of hydrogen-bond donors (Lipinski definition) is 1. The first-order valence-corrected chi connectivity index (χ1v) is 4.38. The van der Waals surface area contributed by atoms with Crippen molar-refractivity contribution in [1.29, 1.82) is 0 Å². The summed E-state index contributed by atoms with van der Waals surface area (Å²) >= 11 is 0. The van der Waals surface area contributed by atoms with E-state index in [0.29, 0.717) is 5.69 Å². The van der Waals surface area contributed by atoms with Crippen LogP contribution in [0.2, 0.25) is 0 Å². The fourth-order valence-corrected chi connectivity index (χ4v) is 1.21. The van der Waals surface area contributed by atoms with Gasteiger partial charge in [0.25, 0.3) is 0 Å². The van der Waals surface area contributed by atoms with Crippen LogP contribution in [0.4, 0.5) is 10.2 Å². The van der Waals surface area contributed by atoms with Crippen LogP contribution in [0.1, 0.15) is 0 Å². The van der Waals surface area contributed by atoms with Gasteiger partial charge in [-0.25, -0.2) is 0 Å². The fraction of sp³-hybridized carbons (Fsp3) is 0. The van der Waals surface area contributed by atoms with Crippen LogP contribution in [0, 0.1) is 0 Å².